The number of hydrogen-bond donors (Lipinski definition) is 0. The summed E-state index contributed by atoms with van der Waals surface area (Å²) in [5.41, 5.74) is 0.688. The average Bonchev–Trinajstić information content (AvgIpc) is 2.81. The molecule has 2 aromatic carbocycles. The van der Waals surface area contributed by atoms with Crippen molar-refractivity contribution in [2.24, 2.45) is 0 Å². The van der Waals surface area contributed by atoms with Crippen molar-refractivity contribution in [2.45, 2.75) is 31.3 Å². The molecule has 0 aromatic heterocycles. The van der Waals surface area contributed by atoms with E-state index in [2.05, 4.69) is 4.90 Å². The summed E-state index contributed by atoms with van der Waals surface area (Å²) in [4.78, 5) is 16.7. The second-order valence-corrected chi connectivity index (χ2v) is 7.93. The number of hydrogen-bond acceptors (Lipinski definition) is 4. The number of methoxy groups -OCH3 is 2. The van der Waals surface area contributed by atoms with Crippen LogP contribution in [0.4, 0.5) is 13.2 Å². The van der Waals surface area contributed by atoms with E-state index in [0.717, 1.165) is 37.0 Å². The van der Waals surface area contributed by atoms with Crippen LogP contribution in [-0.2, 0) is 0 Å². The molecule has 0 N–H and O–H groups in total. The first-order chi connectivity index (χ1) is 14.9. The second-order valence-electron chi connectivity index (χ2n) is 7.93. The summed E-state index contributed by atoms with van der Waals surface area (Å²) >= 11 is 0. The number of carbonyl (C=O) groups excluding carboxylic acids is 1. The van der Waals surface area contributed by atoms with Crippen molar-refractivity contribution in [3.05, 3.63) is 58.9 Å². The highest BCUT2D eigenvalue weighted by molar-refractivity contribution is 5.94. The molecule has 31 heavy (non-hydrogen) atoms. The molecule has 0 saturated carbocycles. The van der Waals surface area contributed by atoms with Gasteiger partial charge in [-0.15, -0.1) is 0 Å². The molecule has 0 bridgehead atoms. The molecule has 2 aromatic rings. The van der Waals surface area contributed by atoms with Crippen LogP contribution in [0.1, 0.15) is 41.2 Å². The maximum atomic E-state index is 14.1. The monoisotopic (exact) mass is 434 g/mol. The first-order valence-electron chi connectivity index (χ1n) is 10.3. The maximum absolute atomic E-state index is 14.1. The van der Waals surface area contributed by atoms with Crippen molar-refractivity contribution in [3.63, 3.8) is 0 Å². The molecular weight excluding hydrogens is 409 g/mol. The Hall–Kier alpha value is -2.74. The lowest BCUT2D eigenvalue weighted by Gasteiger charge is -2.48. The van der Waals surface area contributed by atoms with Crippen LogP contribution in [0.2, 0.25) is 0 Å². The quantitative estimate of drug-likeness (QED) is 0.678. The van der Waals surface area contributed by atoms with Crippen molar-refractivity contribution in [1.29, 1.82) is 0 Å². The number of carbonyl (C=O) groups is 1. The van der Waals surface area contributed by atoms with Gasteiger partial charge < -0.3 is 14.4 Å². The first kappa shape index (κ1) is 21.5. The third-order valence-electron chi connectivity index (χ3n) is 6.29. The van der Waals surface area contributed by atoms with E-state index in [1.54, 1.807) is 14.2 Å². The summed E-state index contributed by atoms with van der Waals surface area (Å²) in [7, 11) is 3.20. The lowest BCUT2D eigenvalue weighted by Crippen LogP contribution is -2.57. The topological polar surface area (TPSA) is 42.0 Å². The summed E-state index contributed by atoms with van der Waals surface area (Å²) in [5.74, 6) is -3.62. The number of fused-ring (bicyclic) bond motifs is 1. The van der Waals surface area contributed by atoms with Crippen LogP contribution in [0, 0.1) is 17.5 Å². The number of nitrogens with zero attached hydrogens (tertiary/aromatic N) is 2. The smallest absolute Gasteiger partial charge is 0.257 e. The molecule has 2 heterocycles. The van der Waals surface area contributed by atoms with Crippen LogP contribution in [0.3, 0.4) is 0 Å². The summed E-state index contributed by atoms with van der Waals surface area (Å²) in [5, 5.41) is 0. The van der Waals surface area contributed by atoms with Gasteiger partial charge in [0.1, 0.15) is 0 Å². The van der Waals surface area contributed by atoms with Gasteiger partial charge in [-0.3, -0.25) is 9.69 Å². The fourth-order valence-corrected chi connectivity index (χ4v) is 4.71. The Kier molecular flexibility index (Phi) is 6.09. The molecule has 2 aliphatic rings. The zero-order chi connectivity index (χ0) is 22.1. The van der Waals surface area contributed by atoms with E-state index < -0.39 is 28.9 Å². The van der Waals surface area contributed by atoms with Crippen molar-refractivity contribution in [2.75, 3.05) is 33.9 Å². The molecule has 2 fully saturated rings. The minimum absolute atomic E-state index is 0.109. The Bertz CT molecular complexity index is 985. The highest BCUT2D eigenvalue weighted by Gasteiger charge is 2.38. The Labute approximate surface area is 179 Å². The van der Waals surface area contributed by atoms with Crippen LogP contribution in [-0.4, -0.2) is 55.6 Å². The van der Waals surface area contributed by atoms with Gasteiger partial charge in [0.2, 0.25) is 0 Å². The maximum Gasteiger partial charge on any atom is 0.257 e. The molecule has 8 heteroatoms. The number of amides is 1. The number of piperidine rings is 1. The number of benzene rings is 2. The van der Waals surface area contributed by atoms with Gasteiger partial charge in [-0.05, 0) is 49.1 Å². The van der Waals surface area contributed by atoms with Crippen molar-refractivity contribution in [3.8, 4) is 11.5 Å². The van der Waals surface area contributed by atoms with E-state index in [-0.39, 0.29) is 12.1 Å². The molecule has 2 unspecified atom stereocenters. The molecule has 2 atom stereocenters. The molecule has 0 aliphatic carbocycles. The number of piperazine rings is 1. The normalized spacial score (nSPS) is 21.5. The van der Waals surface area contributed by atoms with Gasteiger partial charge in [0, 0.05) is 31.7 Å². The molecule has 4 rings (SSSR count). The number of ether oxygens (including phenoxy) is 2. The summed E-state index contributed by atoms with van der Waals surface area (Å²) < 4.78 is 51.7. The van der Waals surface area contributed by atoms with Crippen LogP contribution in [0.15, 0.2) is 30.3 Å². The lowest BCUT2D eigenvalue weighted by molar-refractivity contribution is 0.0100. The Morgan fingerprint density at radius 2 is 1.74 bits per heavy atom. The van der Waals surface area contributed by atoms with Gasteiger partial charge >= 0.3 is 0 Å². The van der Waals surface area contributed by atoms with E-state index in [1.165, 1.54) is 4.90 Å². The fourth-order valence-electron chi connectivity index (χ4n) is 4.71. The van der Waals surface area contributed by atoms with Gasteiger partial charge in [0.25, 0.3) is 5.91 Å². The SMILES string of the molecule is COc1ccc(C2CCCC3CN(C(=O)c4ccc(F)c(F)c4F)CCN32)cc1OC. The van der Waals surface area contributed by atoms with E-state index in [1.807, 2.05) is 18.2 Å². The van der Waals surface area contributed by atoms with Gasteiger partial charge in [0.05, 0.1) is 19.8 Å². The van der Waals surface area contributed by atoms with Crippen LogP contribution in [0.25, 0.3) is 0 Å². The second kappa shape index (κ2) is 8.78. The molecule has 2 aliphatic heterocycles. The molecule has 0 radical (unpaired) electrons. The van der Waals surface area contributed by atoms with E-state index in [9.17, 15) is 18.0 Å². The Morgan fingerprint density at radius 3 is 2.48 bits per heavy atom. The molecule has 5 nitrogen and oxygen atoms in total. The van der Waals surface area contributed by atoms with Crippen molar-refractivity contribution in [1.82, 2.24) is 9.80 Å². The van der Waals surface area contributed by atoms with E-state index in [0.29, 0.717) is 31.1 Å². The highest BCUT2D eigenvalue weighted by Crippen LogP contribution is 2.39. The molecule has 2 saturated heterocycles. The predicted octanol–water partition coefficient (Wildman–Crippen LogP) is 4.17. The standard InChI is InChI=1S/C23H25F3N2O3/c1-30-19-9-6-14(12-20(19)31-2)18-5-3-4-15-13-27(10-11-28(15)18)23(29)16-7-8-17(24)22(26)21(16)25/h6-9,12,15,18H,3-5,10-11,13H2,1-2H3. The Balaban J connectivity index is 1.52. The fraction of sp³-hybridized carbons (Fsp3) is 0.435. The zero-order valence-electron chi connectivity index (χ0n) is 17.5. The van der Waals surface area contributed by atoms with Crippen LogP contribution < -0.4 is 9.47 Å². The van der Waals surface area contributed by atoms with Gasteiger partial charge in [-0.25, -0.2) is 13.2 Å². The molecule has 0 spiro atoms. The van der Waals surface area contributed by atoms with E-state index in [4.69, 9.17) is 9.47 Å². The lowest BCUT2D eigenvalue weighted by atomic mass is 9.89. The minimum atomic E-state index is -1.62. The predicted molar refractivity (Wildman–Crippen MR) is 109 cm³/mol. The summed E-state index contributed by atoms with van der Waals surface area (Å²) in [6.45, 7) is 1.42. The zero-order valence-corrected chi connectivity index (χ0v) is 17.5. The first-order valence-corrected chi connectivity index (χ1v) is 10.3. The van der Waals surface area contributed by atoms with Gasteiger partial charge in [-0.1, -0.05) is 6.07 Å². The van der Waals surface area contributed by atoms with Gasteiger partial charge in [-0.2, -0.15) is 0 Å². The summed E-state index contributed by atoms with van der Waals surface area (Å²) in [6, 6.07) is 7.99. The molecule has 1 amide bonds. The van der Waals surface area contributed by atoms with Crippen LogP contribution in [0.5, 0.6) is 11.5 Å². The summed E-state index contributed by atoms with van der Waals surface area (Å²) in [6.07, 6.45) is 2.88. The minimum Gasteiger partial charge on any atom is -0.493 e. The van der Waals surface area contributed by atoms with E-state index >= 15 is 0 Å². The van der Waals surface area contributed by atoms with Crippen molar-refractivity contribution >= 4 is 5.91 Å². The third kappa shape index (κ3) is 3.96. The Morgan fingerprint density at radius 1 is 0.968 bits per heavy atom. The van der Waals surface area contributed by atoms with Crippen LogP contribution >= 0.6 is 0 Å². The number of halogens is 3. The van der Waals surface area contributed by atoms with Gasteiger partial charge in [0.15, 0.2) is 29.0 Å². The largest absolute Gasteiger partial charge is 0.493 e. The molecule has 166 valence electrons. The highest BCUT2D eigenvalue weighted by atomic mass is 19.2. The van der Waals surface area contributed by atoms with Crippen molar-refractivity contribution < 1.29 is 27.4 Å². The molecular formula is C23H25F3N2O3. The average molecular weight is 434 g/mol. The third-order valence-corrected chi connectivity index (χ3v) is 6.29. The number of rotatable bonds is 4.